The zero-order chi connectivity index (χ0) is 13.7. The summed E-state index contributed by atoms with van der Waals surface area (Å²) in [5.41, 5.74) is 2.16. The van der Waals surface area contributed by atoms with Gasteiger partial charge >= 0.3 is 0 Å². The summed E-state index contributed by atoms with van der Waals surface area (Å²) in [5, 5.41) is 5.75. The molecule has 2 aromatic heterocycles. The van der Waals surface area contributed by atoms with Gasteiger partial charge in [-0.3, -0.25) is 9.59 Å². The zero-order valence-corrected chi connectivity index (χ0v) is 12.1. The van der Waals surface area contributed by atoms with Gasteiger partial charge in [0, 0.05) is 27.0 Å². The summed E-state index contributed by atoms with van der Waals surface area (Å²) in [6, 6.07) is 6.62. The number of aromatic nitrogens is 1. The van der Waals surface area contributed by atoms with E-state index in [0.717, 1.165) is 9.35 Å². The van der Waals surface area contributed by atoms with Gasteiger partial charge < -0.3 is 4.57 Å². The molecule has 0 aliphatic rings. The van der Waals surface area contributed by atoms with E-state index in [2.05, 4.69) is 26.5 Å². The molecule has 2 heterocycles. The lowest BCUT2D eigenvalue weighted by molar-refractivity contribution is -0.121. The fraction of sp³-hybridized carbons (Fsp3) is 0.0833. The van der Waals surface area contributed by atoms with Crippen LogP contribution in [0.4, 0.5) is 0 Å². The molecule has 2 aromatic rings. The van der Waals surface area contributed by atoms with Gasteiger partial charge in [-0.25, -0.2) is 5.43 Å². The number of rotatable bonds is 4. The van der Waals surface area contributed by atoms with E-state index in [1.54, 1.807) is 24.5 Å². The van der Waals surface area contributed by atoms with Crippen molar-refractivity contribution in [3.63, 3.8) is 0 Å². The summed E-state index contributed by atoms with van der Waals surface area (Å²) in [6.45, 7) is -0.0504. The van der Waals surface area contributed by atoms with E-state index in [9.17, 15) is 9.59 Å². The Morgan fingerprint density at radius 3 is 3.05 bits per heavy atom. The van der Waals surface area contributed by atoms with Crippen LogP contribution in [0.5, 0.6) is 0 Å². The highest BCUT2D eigenvalue weighted by Gasteiger charge is 2.02. The monoisotopic (exact) mass is 339 g/mol. The molecule has 0 radical (unpaired) electrons. The second-order valence-corrected chi connectivity index (χ2v) is 5.49. The molecular formula is C12H10BrN3O2S. The van der Waals surface area contributed by atoms with Gasteiger partial charge in [0.05, 0.1) is 6.21 Å². The summed E-state index contributed by atoms with van der Waals surface area (Å²) < 4.78 is 2.29. The SMILES string of the molecule is O=C(Cn1ccccc1=O)N/N=C\c1cc(Br)cs1. The highest BCUT2D eigenvalue weighted by Crippen LogP contribution is 2.17. The predicted octanol–water partition coefficient (Wildman–Crippen LogP) is 1.82. The highest BCUT2D eigenvalue weighted by molar-refractivity contribution is 9.10. The molecular weight excluding hydrogens is 330 g/mol. The number of hydrogen-bond acceptors (Lipinski definition) is 4. The van der Waals surface area contributed by atoms with Gasteiger partial charge in [0.2, 0.25) is 0 Å². The van der Waals surface area contributed by atoms with E-state index in [4.69, 9.17) is 0 Å². The Bertz CT molecular complexity index is 663. The van der Waals surface area contributed by atoms with Gasteiger partial charge in [-0.2, -0.15) is 5.10 Å². The minimum absolute atomic E-state index is 0.0504. The first-order valence-corrected chi connectivity index (χ1v) is 7.04. The van der Waals surface area contributed by atoms with Gasteiger partial charge in [0.15, 0.2) is 0 Å². The van der Waals surface area contributed by atoms with Crippen molar-refractivity contribution in [1.82, 2.24) is 9.99 Å². The van der Waals surface area contributed by atoms with Crippen LogP contribution in [-0.2, 0) is 11.3 Å². The summed E-state index contributed by atoms with van der Waals surface area (Å²) >= 11 is 4.83. The average molecular weight is 340 g/mol. The first kappa shape index (κ1) is 13.7. The van der Waals surface area contributed by atoms with Crippen LogP contribution in [0.1, 0.15) is 4.88 Å². The van der Waals surface area contributed by atoms with Gasteiger partial charge in [-0.05, 0) is 28.1 Å². The quantitative estimate of drug-likeness (QED) is 0.682. The number of carbonyl (C=O) groups excluding carboxylic acids is 1. The molecule has 0 saturated carbocycles. The average Bonchev–Trinajstić information content (AvgIpc) is 2.78. The van der Waals surface area contributed by atoms with Crippen molar-refractivity contribution in [2.75, 3.05) is 0 Å². The minimum atomic E-state index is -0.347. The van der Waals surface area contributed by atoms with Crippen molar-refractivity contribution in [2.45, 2.75) is 6.54 Å². The van der Waals surface area contributed by atoms with Gasteiger partial charge in [0.25, 0.3) is 11.5 Å². The molecule has 0 unspecified atom stereocenters. The first-order valence-electron chi connectivity index (χ1n) is 5.36. The number of hydrogen-bond donors (Lipinski definition) is 1. The number of nitrogens with one attached hydrogen (secondary N) is 1. The third kappa shape index (κ3) is 4.15. The maximum absolute atomic E-state index is 11.6. The maximum Gasteiger partial charge on any atom is 0.260 e. The van der Waals surface area contributed by atoms with Crippen molar-refractivity contribution < 1.29 is 4.79 Å². The molecule has 0 aromatic carbocycles. The van der Waals surface area contributed by atoms with Crippen LogP contribution >= 0.6 is 27.3 Å². The standard InChI is InChI=1S/C12H10BrN3O2S/c13-9-5-10(19-8-9)6-14-15-11(17)7-16-4-2-1-3-12(16)18/h1-6,8H,7H2,(H,15,17)/b14-6-. The summed E-state index contributed by atoms with van der Waals surface area (Å²) in [6.07, 6.45) is 3.11. The van der Waals surface area contributed by atoms with Crippen LogP contribution in [-0.4, -0.2) is 16.7 Å². The van der Waals surface area contributed by atoms with Crippen molar-refractivity contribution in [1.29, 1.82) is 0 Å². The number of halogens is 1. The van der Waals surface area contributed by atoms with Crippen LogP contribution in [0.25, 0.3) is 0 Å². The van der Waals surface area contributed by atoms with Gasteiger partial charge in [0.1, 0.15) is 6.54 Å². The number of thiophene rings is 1. The van der Waals surface area contributed by atoms with Gasteiger partial charge in [-0.1, -0.05) is 6.07 Å². The Morgan fingerprint density at radius 2 is 2.37 bits per heavy atom. The van der Waals surface area contributed by atoms with E-state index in [-0.39, 0.29) is 18.0 Å². The van der Waals surface area contributed by atoms with E-state index in [1.807, 2.05) is 11.4 Å². The number of hydrazone groups is 1. The molecule has 0 bridgehead atoms. The molecule has 7 heteroatoms. The lowest BCUT2D eigenvalue weighted by atomic mass is 10.4. The lowest BCUT2D eigenvalue weighted by Gasteiger charge is -2.02. The summed E-state index contributed by atoms with van der Waals surface area (Å²) in [7, 11) is 0. The van der Waals surface area contributed by atoms with Crippen molar-refractivity contribution >= 4 is 39.4 Å². The number of nitrogens with zero attached hydrogens (tertiary/aromatic N) is 2. The third-order valence-corrected chi connectivity index (χ3v) is 3.81. The molecule has 1 amide bonds. The van der Waals surface area contributed by atoms with Crippen LogP contribution < -0.4 is 11.0 Å². The maximum atomic E-state index is 11.6. The Labute approximate surface area is 121 Å². The summed E-state index contributed by atoms with van der Waals surface area (Å²) in [5.74, 6) is -0.347. The minimum Gasteiger partial charge on any atom is -0.306 e. The number of amides is 1. The molecule has 0 aliphatic carbocycles. The Morgan fingerprint density at radius 1 is 1.53 bits per heavy atom. The number of carbonyl (C=O) groups is 1. The molecule has 0 spiro atoms. The molecule has 0 atom stereocenters. The Hall–Kier alpha value is -1.73. The van der Waals surface area contributed by atoms with Crippen molar-refractivity contribution in [3.8, 4) is 0 Å². The fourth-order valence-corrected chi connectivity index (χ4v) is 2.65. The lowest BCUT2D eigenvalue weighted by Crippen LogP contribution is -2.28. The topological polar surface area (TPSA) is 63.5 Å². The number of pyridine rings is 1. The molecule has 0 saturated heterocycles. The van der Waals surface area contributed by atoms with Crippen molar-refractivity contribution in [2.24, 2.45) is 5.10 Å². The largest absolute Gasteiger partial charge is 0.306 e. The Balaban J connectivity index is 1.90. The van der Waals surface area contributed by atoms with Crippen LogP contribution in [0, 0.1) is 0 Å². The van der Waals surface area contributed by atoms with Crippen LogP contribution in [0.2, 0.25) is 0 Å². The van der Waals surface area contributed by atoms with Crippen LogP contribution in [0.3, 0.4) is 0 Å². The van der Waals surface area contributed by atoms with E-state index >= 15 is 0 Å². The fourth-order valence-electron chi connectivity index (χ4n) is 1.35. The van der Waals surface area contributed by atoms with Gasteiger partial charge in [-0.15, -0.1) is 11.3 Å². The first-order chi connectivity index (χ1) is 9.15. The molecule has 5 nitrogen and oxygen atoms in total. The highest BCUT2D eigenvalue weighted by atomic mass is 79.9. The molecule has 0 aliphatic heterocycles. The molecule has 19 heavy (non-hydrogen) atoms. The van der Waals surface area contributed by atoms with E-state index in [0.29, 0.717) is 0 Å². The predicted molar refractivity (Wildman–Crippen MR) is 78.5 cm³/mol. The third-order valence-electron chi connectivity index (χ3n) is 2.18. The normalized spacial score (nSPS) is 10.8. The molecule has 2 rings (SSSR count). The second kappa shape index (κ2) is 6.44. The van der Waals surface area contributed by atoms with E-state index in [1.165, 1.54) is 22.0 Å². The van der Waals surface area contributed by atoms with Crippen molar-refractivity contribution in [3.05, 3.63) is 55.5 Å². The zero-order valence-electron chi connectivity index (χ0n) is 9.75. The molecule has 1 N–H and O–H groups in total. The second-order valence-electron chi connectivity index (χ2n) is 3.63. The summed E-state index contributed by atoms with van der Waals surface area (Å²) in [4.78, 5) is 23.9. The Kier molecular flexibility index (Phi) is 4.64. The molecule has 0 fully saturated rings. The molecule has 98 valence electrons. The van der Waals surface area contributed by atoms with E-state index < -0.39 is 0 Å². The van der Waals surface area contributed by atoms with Crippen LogP contribution in [0.15, 0.2) is 50.2 Å². The smallest absolute Gasteiger partial charge is 0.260 e.